The molecule has 0 spiro atoms. The van der Waals surface area contributed by atoms with Crippen molar-refractivity contribution in [3.63, 3.8) is 0 Å². The molecule has 1 aromatic carbocycles. The fourth-order valence-corrected chi connectivity index (χ4v) is 3.92. The van der Waals surface area contributed by atoms with Crippen LogP contribution >= 0.6 is 11.6 Å². The van der Waals surface area contributed by atoms with Crippen molar-refractivity contribution in [3.8, 4) is 0 Å². The number of ether oxygens (including phenoxy) is 1. The van der Waals surface area contributed by atoms with Crippen LogP contribution in [0.1, 0.15) is 46.6 Å². The Kier molecular flexibility index (Phi) is 3.49. The maximum atomic E-state index is 6.68. The summed E-state index contributed by atoms with van der Waals surface area (Å²) in [6, 6.07) is 7.84. The number of rotatable bonds is 2. The summed E-state index contributed by atoms with van der Waals surface area (Å²) in [4.78, 5) is 0. The fraction of sp³-hybridized carbons (Fsp3) is 0.625. The second-order valence-corrected chi connectivity index (χ2v) is 7.39. The summed E-state index contributed by atoms with van der Waals surface area (Å²) in [5.74, 6) is 0.217. The zero-order valence-corrected chi connectivity index (χ0v) is 13.2. The summed E-state index contributed by atoms with van der Waals surface area (Å²) in [6.45, 7) is 10.5. The van der Waals surface area contributed by atoms with E-state index in [2.05, 4.69) is 34.6 Å². The lowest BCUT2D eigenvalue weighted by molar-refractivity contribution is -0.0814. The van der Waals surface area contributed by atoms with Gasteiger partial charge < -0.3 is 10.5 Å². The van der Waals surface area contributed by atoms with Gasteiger partial charge in [-0.05, 0) is 52.7 Å². The van der Waals surface area contributed by atoms with Crippen LogP contribution in [0.25, 0.3) is 0 Å². The molecule has 0 saturated carbocycles. The molecule has 3 heteroatoms. The molecule has 0 aromatic heterocycles. The molecule has 1 aliphatic heterocycles. The summed E-state index contributed by atoms with van der Waals surface area (Å²) in [5, 5.41) is 0.730. The van der Waals surface area contributed by atoms with Crippen molar-refractivity contribution < 1.29 is 4.74 Å². The Morgan fingerprint density at radius 3 is 2.32 bits per heavy atom. The highest BCUT2D eigenvalue weighted by molar-refractivity contribution is 6.31. The molecule has 1 aliphatic rings. The average Bonchev–Trinajstić information content (AvgIpc) is 2.47. The molecule has 0 aliphatic carbocycles. The van der Waals surface area contributed by atoms with Crippen LogP contribution in [0.15, 0.2) is 24.3 Å². The Morgan fingerprint density at radius 2 is 1.84 bits per heavy atom. The van der Waals surface area contributed by atoms with Gasteiger partial charge in [-0.15, -0.1) is 0 Å². The minimum Gasteiger partial charge on any atom is -0.369 e. The fourth-order valence-electron chi connectivity index (χ4n) is 3.58. The highest BCUT2D eigenvalue weighted by Gasteiger charge is 2.53. The lowest BCUT2D eigenvalue weighted by Gasteiger charge is -2.39. The van der Waals surface area contributed by atoms with Gasteiger partial charge in [-0.3, -0.25) is 0 Å². The maximum absolute atomic E-state index is 6.68. The first kappa shape index (κ1) is 14.8. The van der Waals surface area contributed by atoms with Crippen molar-refractivity contribution >= 4 is 11.6 Å². The quantitative estimate of drug-likeness (QED) is 0.885. The molecule has 2 N–H and O–H groups in total. The van der Waals surface area contributed by atoms with Crippen molar-refractivity contribution in [1.82, 2.24) is 0 Å². The Bertz CT molecular complexity index is 479. The van der Waals surface area contributed by atoms with Crippen LogP contribution in [0.2, 0.25) is 5.02 Å². The van der Waals surface area contributed by atoms with Crippen molar-refractivity contribution in [2.24, 2.45) is 11.7 Å². The standard InChI is InChI=1S/C16H24ClNO/c1-14(2)10-13(15(3,4)19-14)16(5,18)11-8-6-7-9-12(11)17/h6-9,13H,10,18H2,1-5H3. The summed E-state index contributed by atoms with van der Waals surface area (Å²) in [7, 11) is 0. The lowest BCUT2D eigenvalue weighted by atomic mass is 9.70. The number of benzene rings is 1. The SMILES string of the molecule is CC1(C)CC(C(C)(N)c2ccccc2Cl)C(C)(C)O1. The smallest absolute Gasteiger partial charge is 0.0683 e. The largest absolute Gasteiger partial charge is 0.369 e. The van der Waals surface area contributed by atoms with Crippen LogP contribution < -0.4 is 5.73 Å². The maximum Gasteiger partial charge on any atom is 0.0683 e. The van der Waals surface area contributed by atoms with E-state index in [1.54, 1.807) is 0 Å². The van der Waals surface area contributed by atoms with E-state index in [4.69, 9.17) is 22.1 Å². The van der Waals surface area contributed by atoms with Gasteiger partial charge in [0.05, 0.1) is 11.2 Å². The molecular weight excluding hydrogens is 258 g/mol. The van der Waals surface area contributed by atoms with E-state index in [1.807, 2.05) is 24.3 Å². The van der Waals surface area contributed by atoms with Crippen LogP contribution in [-0.2, 0) is 10.3 Å². The molecule has 0 radical (unpaired) electrons. The molecular formula is C16H24ClNO. The predicted molar refractivity (Wildman–Crippen MR) is 80.3 cm³/mol. The third-order valence-electron chi connectivity index (χ3n) is 4.25. The van der Waals surface area contributed by atoms with Crippen LogP contribution in [0.3, 0.4) is 0 Å². The zero-order valence-electron chi connectivity index (χ0n) is 12.5. The number of nitrogens with two attached hydrogens (primary N) is 1. The van der Waals surface area contributed by atoms with Gasteiger partial charge in [0.15, 0.2) is 0 Å². The lowest BCUT2D eigenvalue weighted by Crippen LogP contribution is -2.48. The first-order chi connectivity index (χ1) is 8.56. The number of hydrogen-bond donors (Lipinski definition) is 1. The highest BCUT2D eigenvalue weighted by Crippen LogP contribution is 2.50. The number of hydrogen-bond acceptors (Lipinski definition) is 2. The normalized spacial score (nSPS) is 28.1. The Balaban J connectivity index is 2.43. The molecule has 19 heavy (non-hydrogen) atoms. The van der Waals surface area contributed by atoms with Crippen molar-refractivity contribution in [3.05, 3.63) is 34.9 Å². The van der Waals surface area contributed by atoms with Crippen LogP contribution in [0, 0.1) is 5.92 Å². The first-order valence-corrected chi connectivity index (χ1v) is 7.18. The van der Waals surface area contributed by atoms with Crippen molar-refractivity contribution in [2.75, 3.05) is 0 Å². The minimum atomic E-state index is -0.504. The molecule has 1 saturated heterocycles. The molecule has 106 valence electrons. The summed E-state index contributed by atoms with van der Waals surface area (Å²) >= 11 is 6.33. The van der Waals surface area contributed by atoms with Crippen LogP contribution in [0.4, 0.5) is 0 Å². The van der Waals surface area contributed by atoms with E-state index in [0.717, 1.165) is 17.0 Å². The Labute approximate surface area is 121 Å². The highest BCUT2D eigenvalue weighted by atomic mass is 35.5. The predicted octanol–water partition coefficient (Wildman–Crippen LogP) is 4.11. The van der Waals surface area contributed by atoms with Crippen molar-refractivity contribution in [1.29, 1.82) is 0 Å². The van der Waals surface area contributed by atoms with Gasteiger partial charge in [0, 0.05) is 16.5 Å². The summed E-state index contributed by atoms with van der Waals surface area (Å²) in [6.07, 6.45) is 0.929. The molecule has 2 nitrogen and oxygen atoms in total. The zero-order chi connectivity index (χ0) is 14.5. The van der Waals surface area contributed by atoms with Crippen molar-refractivity contribution in [2.45, 2.75) is 57.8 Å². The second kappa shape index (κ2) is 4.47. The molecule has 0 bridgehead atoms. The molecule has 1 fully saturated rings. The van der Waals surface area contributed by atoms with E-state index in [9.17, 15) is 0 Å². The van der Waals surface area contributed by atoms with Crippen LogP contribution in [-0.4, -0.2) is 11.2 Å². The Hall–Kier alpha value is -0.570. The van der Waals surface area contributed by atoms with E-state index in [1.165, 1.54) is 0 Å². The van der Waals surface area contributed by atoms with Gasteiger partial charge in [-0.1, -0.05) is 29.8 Å². The van der Waals surface area contributed by atoms with E-state index >= 15 is 0 Å². The third-order valence-corrected chi connectivity index (χ3v) is 4.58. The molecule has 2 rings (SSSR count). The van der Waals surface area contributed by atoms with Gasteiger partial charge in [-0.2, -0.15) is 0 Å². The monoisotopic (exact) mass is 281 g/mol. The van der Waals surface area contributed by atoms with E-state index in [0.29, 0.717) is 0 Å². The molecule has 1 heterocycles. The van der Waals surface area contributed by atoms with E-state index in [-0.39, 0.29) is 17.1 Å². The van der Waals surface area contributed by atoms with Gasteiger partial charge in [0.1, 0.15) is 0 Å². The van der Waals surface area contributed by atoms with Gasteiger partial charge in [-0.25, -0.2) is 0 Å². The number of halogens is 1. The minimum absolute atomic E-state index is 0.143. The van der Waals surface area contributed by atoms with Gasteiger partial charge in [0.25, 0.3) is 0 Å². The topological polar surface area (TPSA) is 35.2 Å². The van der Waals surface area contributed by atoms with Gasteiger partial charge >= 0.3 is 0 Å². The average molecular weight is 282 g/mol. The summed E-state index contributed by atoms with van der Waals surface area (Å²) in [5.41, 5.74) is 6.77. The molecule has 2 atom stereocenters. The first-order valence-electron chi connectivity index (χ1n) is 6.80. The molecule has 2 unspecified atom stereocenters. The molecule has 1 aromatic rings. The molecule has 0 amide bonds. The summed E-state index contributed by atoms with van der Waals surface area (Å²) < 4.78 is 6.17. The van der Waals surface area contributed by atoms with Crippen LogP contribution in [0.5, 0.6) is 0 Å². The third kappa shape index (κ3) is 2.67. The Morgan fingerprint density at radius 1 is 1.26 bits per heavy atom. The second-order valence-electron chi connectivity index (χ2n) is 6.98. The van der Waals surface area contributed by atoms with Gasteiger partial charge in [0.2, 0.25) is 0 Å². The van der Waals surface area contributed by atoms with E-state index < -0.39 is 5.54 Å².